The Hall–Kier alpha value is -7.79. The summed E-state index contributed by atoms with van der Waals surface area (Å²) in [5.74, 6) is 1.52. The van der Waals surface area contributed by atoms with E-state index in [1.807, 2.05) is 15.5 Å². The summed E-state index contributed by atoms with van der Waals surface area (Å²) in [7, 11) is 1.68. The van der Waals surface area contributed by atoms with Crippen LogP contribution >= 0.6 is 0 Å². The molecule has 2 aromatic carbocycles. The minimum absolute atomic E-state index is 0.00299. The topological polar surface area (TPSA) is 236 Å². The average Bonchev–Trinajstić information content (AvgIpc) is 1.70. The van der Waals surface area contributed by atoms with E-state index >= 15 is 4.39 Å². The van der Waals surface area contributed by atoms with Crippen molar-refractivity contribution in [2.75, 3.05) is 84.8 Å². The number of halogens is 9. The Labute approximate surface area is 525 Å². The zero-order chi connectivity index (χ0) is 66.9. The number of aryl methyl sites for hydroxylation is 1. The van der Waals surface area contributed by atoms with E-state index in [0.29, 0.717) is 106 Å². The number of hydrazine groups is 1. The highest BCUT2D eigenvalue weighted by molar-refractivity contribution is 5.87. The number of methoxy groups -OCH3 is 2. The number of anilines is 1. The molecule has 502 valence electrons. The fraction of sp³-hybridized carbons (Fsp3) is 0.574. The molecule has 4 aliphatic rings. The van der Waals surface area contributed by atoms with E-state index in [4.69, 9.17) is 14.2 Å². The average molecular weight is 1310 g/mol. The number of nitrogens with one attached hydrogen (secondary N) is 4. The van der Waals surface area contributed by atoms with Gasteiger partial charge in [-0.25, -0.2) is 33.6 Å². The number of carbonyl (C=O) groups is 5. The van der Waals surface area contributed by atoms with Gasteiger partial charge in [0, 0.05) is 86.5 Å². The van der Waals surface area contributed by atoms with Crippen molar-refractivity contribution in [1.82, 2.24) is 55.9 Å². The van der Waals surface area contributed by atoms with Crippen molar-refractivity contribution in [2.24, 2.45) is 10.8 Å². The SMILES string of the molecule is COC(=O)N[C@H](C(=O)N[C@@H](Cc1ccc(C#Cc2cnc(N3CC4CCC(C3)N4C3COC3)nc2)cc1)[C@H](CN(Cc1c(C)cc(-c2ccn(C(F)F)n2)cc1F)NC(=O)[C@@H](NC(=O)OC)C(C)(C)C(F)(F)F)OC(=O)CCCN1CCOCC1)C(C)(C)C(F)(F)F. The van der Waals surface area contributed by atoms with Crippen LogP contribution in [0.5, 0.6) is 0 Å². The molecular formula is C61H75F9N12O10. The van der Waals surface area contributed by atoms with Gasteiger partial charge in [0.15, 0.2) is 0 Å². The van der Waals surface area contributed by atoms with Gasteiger partial charge in [-0.3, -0.25) is 29.6 Å². The molecule has 4 N–H and O–H groups in total. The summed E-state index contributed by atoms with van der Waals surface area (Å²) in [6.45, 7) is 4.33. The van der Waals surface area contributed by atoms with Gasteiger partial charge in [-0.1, -0.05) is 24.0 Å². The van der Waals surface area contributed by atoms with Crippen molar-refractivity contribution < 1.29 is 87.2 Å². The standard InChI is InChI=1S/C61H75F9N12O10/c1-36-25-40(46-18-20-81(76-46)54(63)64)27-45(62)44(36)32-80(77-53(85)51(75-57(87)89-7)59(4,5)61(68,69)70)33-48(92-49(83)9-8-19-78-21-23-90-24-22-78)47(73-52(84)50(74-56(86)88-6)58(2,3)60(65,66)67)26-38-13-10-37(11-14-38)12-15-39-28-71-55(72-29-39)79-30-41-16-17-42(31-79)82(41)43-34-91-35-43/h10-11,13-14,18,20,25,27-29,41-43,47-48,50-51,54H,8-9,16-17,19,21-24,26,30-35H2,1-7H3,(H,73,84)(H,74,86)(H,75,87)(H,77,85)/t41?,42?,47-,48-,50+,51+/m0/s1. The van der Waals surface area contributed by atoms with Gasteiger partial charge < -0.3 is 44.5 Å². The number of rotatable bonds is 24. The third kappa shape index (κ3) is 17.3. The molecule has 6 heterocycles. The van der Waals surface area contributed by atoms with Crippen molar-refractivity contribution in [3.05, 3.63) is 94.7 Å². The lowest BCUT2D eigenvalue weighted by molar-refractivity contribution is -0.221. The fourth-order valence-corrected chi connectivity index (χ4v) is 11.4. The molecule has 4 saturated heterocycles. The molecular weight excluding hydrogens is 1230 g/mol. The summed E-state index contributed by atoms with van der Waals surface area (Å²) in [6, 6.07) is 4.16. The largest absolute Gasteiger partial charge is 0.459 e. The zero-order valence-electron chi connectivity index (χ0n) is 51.8. The van der Waals surface area contributed by atoms with Crippen molar-refractivity contribution in [3.8, 4) is 23.1 Å². The minimum Gasteiger partial charge on any atom is -0.459 e. The molecule has 22 nitrogen and oxygen atoms in total. The summed E-state index contributed by atoms with van der Waals surface area (Å²) in [4.78, 5) is 85.0. The molecule has 8 rings (SSSR count). The number of fused-ring (bicyclic) bond motifs is 2. The van der Waals surface area contributed by atoms with Crippen LogP contribution in [-0.4, -0.2) is 199 Å². The van der Waals surface area contributed by atoms with E-state index < -0.39 is 109 Å². The van der Waals surface area contributed by atoms with Gasteiger partial charge in [0.2, 0.25) is 11.9 Å². The smallest absolute Gasteiger partial charge is 0.407 e. The van der Waals surface area contributed by atoms with Crippen LogP contribution in [0.1, 0.15) is 87.7 Å². The number of hydrogen-bond donors (Lipinski definition) is 4. The van der Waals surface area contributed by atoms with Crippen LogP contribution in [0.25, 0.3) is 11.3 Å². The van der Waals surface area contributed by atoms with Crippen LogP contribution in [-0.2, 0) is 51.0 Å². The summed E-state index contributed by atoms with van der Waals surface area (Å²) in [5, 5.41) is 11.0. The lowest BCUT2D eigenvalue weighted by atomic mass is 9.82. The molecule has 0 radical (unpaired) electrons. The molecule has 4 amide bonds. The number of alkyl carbamates (subject to hydrolysis) is 2. The second-order valence-electron chi connectivity index (χ2n) is 24.2. The van der Waals surface area contributed by atoms with E-state index in [9.17, 15) is 59.1 Å². The molecule has 2 bridgehead atoms. The van der Waals surface area contributed by atoms with Crippen LogP contribution in [0.15, 0.2) is 61.1 Å². The lowest BCUT2D eigenvalue weighted by Crippen LogP contribution is -2.64. The number of piperazine rings is 1. The zero-order valence-corrected chi connectivity index (χ0v) is 51.8. The Kier molecular flexibility index (Phi) is 22.8. The number of nitrogens with zero attached hydrogens (tertiary/aromatic N) is 8. The first-order valence-electron chi connectivity index (χ1n) is 29.8. The summed E-state index contributed by atoms with van der Waals surface area (Å²) < 4.78 is 160. The van der Waals surface area contributed by atoms with Gasteiger partial charge in [-0.05, 0) is 108 Å². The maximum atomic E-state index is 16.8. The molecule has 2 unspecified atom stereocenters. The number of amides is 4. The van der Waals surface area contributed by atoms with Crippen LogP contribution in [0.3, 0.4) is 0 Å². The first-order chi connectivity index (χ1) is 43.5. The molecule has 6 atom stereocenters. The second-order valence-corrected chi connectivity index (χ2v) is 24.2. The van der Waals surface area contributed by atoms with E-state index in [-0.39, 0.29) is 35.2 Å². The van der Waals surface area contributed by atoms with E-state index in [2.05, 4.69) is 56.9 Å². The fourth-order valence-electron chi connectivity index (χ4n) is 11.4. The Morgan fingerprint density at radius 3 is 1.89 bits per heavy atom. The van der Waals surface area contributed by atoms with Gasteiger partial charge >= 0.3 is 37.1 Å². The lowest BCUT2D eigenvalue weighted by Gasteiger charge is -2.47. The highest BCUT2D eigenvalue weighted by Crippen LogP contribution is 2.42. The number of alkyl halides is 8. The predicted molar refractivity (Wildman–Crippen MR) is 312 cm³/mol. The molecule has 4 aliphatic heterocycles. The van der Waals surface area contributed by atoms with Gasteiger partial charge in [-0.15, -0.1) is 0 Å². The first kappa shape index (κ1) is 70.1. The molecule has 4 fully saturated rings. The molecule has 0 spiro atoms. The van der Waals surface area contributed by atoms with Gasteiger partial charge in [0.1, 0.15) is 24.0 Å². The number of ether oxygens (including phenoxy) is 5. The Morgan fingerprint density at radius 2 is 1.36 bits per heavy atom. The molecule has 0 saturated carbocycles. The highest BCUT2D eigenvalue weighted by atomic mass is 19.4. The van der Waals surface area contributed by atoms with Crippen LogP contribution < -0.4 is 26.3 Å². The number of esters is 1. The number of morpholine rings is 1. The first-order valence-corrected chi connectivity index (χ1v) is 29.8. The van der Waals surface area contributed by atoms with Crippen molar-refractivity contribution in [3.63, 3.8) is 0 Å². The monoisotopic (exact) mass is 1310 g/mol. The quantitative estimate of drug-likeness (QED) is 0.0185. The minimum atomic E-state index is -5.22. The van der Waals surface area contributed by atoms with Crippen LogP contribution in [0.4, 0.5) is 55.1 Å². The van der Waals surface area contributed by atoms with Gasteiger partial charge in [0.25, 0.3) is 5.91 Å². The Balaban J connectivity index is 1.17. The Bertz CT molecular complexity index is 3240. The molecule has 4 aromatic rings. The summed E-state index contributed by atoms with van der Waals surface area (Å²) in [5.41, 5.74) is -2.92. The van der Waals surface area contributed by atoms with E-state index in [1.165, 1.54) is 19.1 Å². The third-order valence-electron chi connectivity index (χ3n) is 17.1. The number of carbonyl (C=O) groups excluding carboxylic acids is 5. The van der Waals surface area contributed by atoms with Crippen molar-refractivity contribution in [1.29, 1.82) is 0 Å². The molecule has 0 aliphatic carbocycles. The maximum Gasteiger partial charge on any atom is 0.407 e. The number of aromatic nitrogens is 4. The maximum absolute atomic E-state index is 16.8. The predicted octanol–water partition coefficient (Wildman–Crippen LogP) is 6.85. The van der Waals surface area contributed by atoms with Gasteiger partial charge in [-0.2, -0.15) is 40.2 Å². The van der Waals surface area contributed by atoms with E-state index in [0.717, 1.165) is 70.6 Å². The number of hydrogen-bond acceptors (Lipinski definition) is 17. The third-order valence-corrected chi connectivity index (χ3v) is 17.1. The molecule has 31 heteroatoms. The number of benzene rings is 2. The van der Waals surface area contributed by atoms with Crippen molar-refractivity contribution in [2.45, 2.75) is 135 Å². The van der Waals surface area contributed by atoms with E-state index in [1.54, 1.807) is 36.7 Å². The summed E-state index contributed by atoms with van der Waals surface area (Å²) in [6.07, 6.45) is -9.48. The van der Waals surface area contributed by atoms with Crippen LogP contribution in [0, 0.1) is 35.4 Å². The molecule has 2 aromatic heterocycles. The van der Waals surface area contributed by atoms with Crippen molar-refractivity contribution >= 4 is 35.9 Å². The highest BCUT2D eigenvalue weighted by Gasteiger charge is 2.57. The van der Waals surface area contributed by atoms with Gasteiger partial charge in [0.05, 0.1) is 81.4 Å². The summed E-state index contributed by atoms with van der Waals surface area (Å²) >= 11 is 0. The molecule has 92 heavy (non-hydrogen) atoms. The Morgan fingerprint density at radius 1 is 0.772 bits per heavy atom. The van der Waals surface area contributed by atoms with Crippen LogP contribution in [0.2, 0.25) is 0 Å². The normalized spacial score (nSPS) is 18.8. The second kappa shape index (κ2) is 29.9.